The molecule has 0 aromatic heterocycles. The highest BCUT2D eigenvalue weighted by Gasteiger charge is 2.10. The highest BCUT2D eigenvalue weighted by atomic mass is 16.5. The number of carbonyl (C=O) groups is 2. The van der Waals surface area contributed by atoms with Gasteiger partial charge >= 0.3 is 0 Å². The molecule has 0 aliphatic carbocycles. The molecular formula is C20H24N2O3. The lowest BCUT2D eigenvalue weighted by molar-refractivity contribution is 0.0948. The van der Waals surface area contributed by atoms with Crippen LogP contribution in [0, 0.1) is 6.92 Å². The van der Waals surface area contributed by atoms with Crippen molar-refractivity contribution in [1.82, 2.24) is 10.6 Å². The summed E-state index contributed by atoms with van der Waals surface area (Å²) in [5.74, 6) is -0.390. The molecule has 5 heteroatoms. The topological polar surface area (TPSA) is 67.4 Å². The Balaban J connectivity index is 1.91. The number of rotatable bonds is 8. The fraction of sp³-hybridized carbons (Fsp3) is 0.300. The van der Waals surface area contributed by atoms with Gasteiger partial charge in [0.15, 0.2) is 0 Å². The van der Waals surface area contributed by atoms with E-state index in [1.54, 1.807) is 31.4 Å². The van der Waals surface area contributed by atoms with Crippen LogP contribution in [-0.4, -0.2) is 32.1 Å². The number of hydrogen-bond acceptors (Lipinski definition) is 3. The molecule has 0 unspecified atom stereocenters. The second kappa shape index (κ2) is 9.59. The Bertz CT molecular complexity index is 711. The van der Waals surface area contributed by atoms with Crippen molar-refractivity contribution in [1.29, 1.82) is 0 Å². The van der Waals surface area contributed by atoms with Crippen LogP contribution in [0.15, 0.2) is 48.5 Å². The molecule has 2 amide bonds. The van der Waals surface area contributed by atoms with Crippen molar-refractivity contribution in [3.63, 3.8) is 0 Å². The highest BCUT2D eigenvalue weighted by molar-refractivity contribution is 5.99. The molecular weight excluding hydrogens is 316 g/mol. The Labute approximate surface area is 148 Å². The molecule has 0 heterocycles. The van der Waals surface area contributed by atoms with E-state index in [1.807, 2.05) is 31.2 Å². The predicted octanol–water partition coefficient (Wildman–Crippen LogP) is 2.69. The first kappa shape index (κ1) is 18.7. The first-order chi connectivity index (χ1) is 12.1. The number of amides is 2. The lowest BCUT2D eigenvalue weighted by Gasteiger charge is -2.08. The van der Waals surface area contributed by atoms with E-state index in [2.05, 4.69) is 10.6 Å². The van der Waals surface area contributed by atoms with E-state index in [0.29, 0.717) is 30.8 Å². The monoisotopic (exact) mass is 340 g/mol. The number of carbonyl (C=O) groups excluding carboxylic acids is 2. The standard InChI is InChI=1S/C20H24N2O3/c1-15-7-9-16(10-8-15)14-22-20(24)18-6-3-5-17(13-18)19(23)21-11-4-12-25-2/h3,5-10,13H,4,11-12,14H2,1-2H3,(H,21,23)(H,22,24). The number of benzene rings is 2. The number of aryl methyl sites for hydroxylation is 1. The lowest BCUT2D eigenvalue weighted by Crippen LogP contribution is -2.26. The van der Waals surface area contributed by atoms with E-state index in [9.17, 15) is 9.59 Å². The van der Waals surface area contributed by atoms with Gasteiger partial charge in [-0.25, -0.2) is 0 Å². The van der Waals surface area contributed by atoms with E-state index >= 15 is 0 Å². The molecule has 0 aliphatic rings. The van der Waals surface area contributed by atoms with Crippen LogP contribution in [0.2, 0.25) is 0 Å². The second-order valence-corrected chi connectivity index (χ2v) is 5.85. The molecule has 0 aliphatic heterocycles. The summed E-state index contributed by atoms with van der Waals surface area (Å²) in [6, 6.07) is 14.7. The molecule has 0 radical (unpaired) electrons. The lowest BCUT2D eigenvalue weighted by atomic mass is 10.1. The third kappa shape index (κ3) is 6.04. The van der Waals surface area contributed by atoms with Crippen molar-refractivity contribution in [3.8, 4) is 0 Å². The molecule has 0 spiro atoms. The maximum atomic E-state index is 12.3. The van der Waals surface area contributed by atoms with E-state index in [-0.39, 0.29) is 11.8 Å². The first-order valence-corrected chi connectivity index (χ1v) is 8.31. The zero-order chi connectivity index (χ0) is 18.1. The van der Waals surface area contributed by atoms with Gasteiger partial charge in [0.25, 0.3) is 11.8 Å². The summed E-state index contributed by atoms with van der Waals surface area (Å²) in [6.07, 6.45) is 0.749. The zero-order valence-electron chi connectivity index (χ0n) is 14.7. The quantitative estimate of drug-likeness (QED) is 0.726. The smallest absolute Gasteiger partial charge is 0.251 e. The van der Waals surface area contributed by atoms with Crippen LogP contribution in [0.1, 0.15) is 38.3 Å². The fourth-order valence-electron chi connectivity index (χ4n) is 2.31. The van der Waals surface area contributed by atoms with Crippen molar-refractivity contribution in [3.05, 3.63) is 70.8 Å². The Morgan fingerprint density at radius 1 is 0.960 bits per heavy atom. The van der Waals surface area contributed by atoms with E-state index < -0.39 is 0 Å². The summed E-state index contributed by atoms with van der Waals surface area (Å²) in [5, 5.41) is 5.69. The van der Waals surface area contributed by atoms with Gasteiger partial charge in [0.1, 0.15) is 0 Å². The maximum absolute atomic E-state index is 12.3. The Hall–Kier alpha value is -2.66. The van der Waals surface area contributed by atoms with Crippen LogP contribution in [0.25, 0.3) is 0 Å². The van der Waals surface area contributed by atoms with Crippen molar-refractivity contribution >= 4 is 11.8 Å². The van der Waals surface area contributed by atoms with Gasteiger partial charge in [-0.1, -0.05) is 35.9 Å². The zero-order valence-corrected chi connectivity index (χ0v) is 14.7. The SMILES string of the molecule is COCCCNC(=O)c1cccc(C(=O)NCc2ccc(C)cc2)c1. The summed E-state index contributed by atoms with van der Waals surface area (Å²) in [5.41, 5.74) is 3.15. The van der Waals surface area contributed by atoms with E-state index in [4.69, 9.17) is 4.74 Å². The normalized spacial score (nSPS) is 10.3. The summed E-state index contributed by atoms with van der Waals surface area (Å²) in [6.45, 7) is 3.61. The van der Waals surface area contributed by atoms with Gasteiger partial charge in [0, 0.05) is 37.9 Å². The van der Waals surface area contributed by atoms with Crippen LogP contribution in [0.4, 0.5) is 0 Å². The summed E-state index contributed by atoms with van der Waals surface area (Å²) in [4.78, 5) is 24.4. The molecule has 2 aromatic rings. The Kier molecular flexibility index (Phi) is 7.16. The Morgan fingerprint density at radius 2 is 1.60 bits per heavy atom. The summed E-state index contributed by atoms with van der Waals surface area (Å²) in [7, 11) is 1.63. The van der Waals surface area contributed by atoms with Crippen molar-refractivity contribution in [2.24, 2.45) is 0 Å². The second-order valence-electron chi connectivity index (χ2n) is 5.85. The molecule has 5 nitrogen and oxygen atoms in total. The van der Waals surface area contributed by atoms with Gasteiger partial charge in [-0.05, 0) is 37.1 Å². The first-order valence-electron chi connectivity index (χ1n) is 8.31. The van der Waals surface area contributed by atoms with E-state index in [0.717, 1.165) is 12.0 Å². The van der Waals surface area contributed by atoms with Crippen LogP contribution in [0.3, 0.4) is 0 Å². The highest BCUT2D eigenvalue weighted by Crippen LogP contribution is 2.07. The van der Waals surface area contributed by atoms with Crippen LogP contribution in [-0.2, 0) is 11.3 Å². The van der Waals surface area contributed by atoms with E-state index in [1.165, 1.54) is 5.56 Å². The molecule has 2 rings (SSSR count). The van der Waals surface area contributed by atoms with Crippen molar-refractivity contribution in [2.75, 3.05) is 20.3 Å². The molecule has 2 aromatic carbocycles. The average molecular weight is 340 g/mol. The molecule has 0 fully saturated rings. The molecule has 0 saturated heterocycles. The molecule has 0 atom stereocenters. The van der Waals surface area contributed by atoms with Gasteiger partial charge in [0.05, 0.1) is 0 Å². The summed E-state index contributed by atoms with van der Waals surface area (Å²) >= 11 is 0. The minimum atomic E-state index is -0.199. The predicted molar refractivity (Wildman–Crippen MR) is 97.6 cm³/mol. The molecule has 132 valence electrons. The molecule has 0 bridgehead atoms. The van der Waals surface area contributed by atoms with Crippen molar-refractivity contribution in [2.45, 2.75) is 19.9 Å². The Morgan fingerprint density at radius 3 is 2.24 bits per heavy atom. The van der Waals surface area contributed by atoms with Gasteiger partial charge < -0.3 is 15.4 Å². The minimum Gasteiger partial charge on any atom is -0.385 e. The number of ether oxygens (including phenoxy) is 1. The summed E-state index contributed by atoms with van der Waals surface area (Å²) < 4.78 is 4.95. The third-order valence-electron chi connectivity index (χ3n) is 3.77. The van der Waals surface area contributed by atoms with Crippen LogP contribution >= 0.6 is 0 Å². The van der Waals surface area contributed by atoms with Gasteiger partial charge in [-0.15, -0.1) is 0 Å². The van der Waals surface area contributed by atoms with Crippen LogP contribution in [0.5, 0.6) is 0 Å². The molecule has 2 N–H and O–H groups in total. The number of hydrogen-bond donors (Lipinski definition) is 2. The maximum Gasteiger partial charge on any atom is 0.251 e. The molecule has 25 heavy (non-hydrogen) atoms. The number of methoxy groups -OCH3 is 1. The van der Waals surface area contributed by atoms with Gasteiger partial charge in [-0.2, -0.15) is 0 Å². The van der Waals surface area contributed by atoms with Crippen molar-refractivity contribution < 1.29 is 14.3 Å². The van der Waals surface area contributed by atoms with Crippen LogP contribution < -0.4 is 10.6 Å². The van der Waals surface area contributed by atoms with Gasteiger partial charge in [-0.3, -0.25) is 9.59 Å². The largest absolute Gasteiger partial charge is 0.385 e. The van der Waals surface area contributed by atoms with Gasteiger partial charge in [0.2, 0.25) is 0 Å². The third-order valence-corrected chi connectivity index (χ3v) is 3.77. The fourth-order valence-corrected chi connectivity index (χ4v) is 2.31. The minimum absolute atomic E-state index is 0.190. The average Bonchev–Trinajstić information content (AvgIpc) is 2.64. The number of nitrogens with one attached hydrogen (secondary N) is 2. The molecule has 0 saturated carbocycles.